The summed E-state index contributed by atoms with van der Waals surface area (Å²) in [6.07, 6.45) is 10.9. The summed E-state index contributed by atoms with van der Waals surface area (Å²) in [5.74, 6) is -0.792. The molecule has 5 aliphatic heterocycles. The molecule has 16 heteroatoms. The topological polar surface area (TPSA) is 181 Å². The van der Waals surface area contributed by atoms with E-state index in [0.717, 1.165) is 89.0 Å². The molecule has 0 spiro atoms. The number of imide groups is 2. The van der Waals surface area contributed by atoms with Crippen molar-refractivity contribution < 1.29 is 28.7 Å². The van der Waals surface area contributed by atoms with Gasteiger partial charge in [0.1, 0.15) is 24.0 Å². The number of carbonyl (C=O) groups is 5. The van der Waals surface area contributed by atoms with Gasteiger partial charge in [0.15, 0.2) is 0 Å². The van der Waals surface area contributed by atoms with Crippen LogP contribution in [0.5, 0.6) is 5.75 Å². The van der Waals surface area contributed by atoms with Gasteiger partial charge < -0.3 is 19.9 Å². The smallest absolute Gasteiger partial charge is 0.264 e. The fourth-order valence-electron chi connectivity index (χ4n) is 9.02. The largest absolute Gasteiger partial charge is 0.490 e. The lowest BCUT2D eigenvalue weighted by atomic mass is 9.98. The summed E-state index contributed by atoms with van der Waals surface area (Å²) in [5, 5.41) is 15.1. The van der Waals surface area contributed by atoms with Crippen LogP contribution in [-0.4, -0.2) is 118 Å². The number of piperazine rings is 1. The van der Waals surface area contributed by atoms with E-state index in [0.29, 0.717) is 40.1 Å². The Labute approximate surface area is 341 Å². The summed E-state index contributed by atoms with van der Waals surface area (Å²) in [6, 6.07) is 11.5. The molecule has 5 aliphatic rings. The number of hydrogen-bond acceptors (Lipinski definition) is 12. The molecule has 4 fully saturated rings. The van der Waals surface area contributed by atoms with Crippen molar-refractivity contribution in [2.75, 3.05) is 49.5 Å². The van der Waals surface area contributed by atoms with Crippen LogP contribution in [0.1, 0.15) is 101 Å². The average molecular weight is 808 g/mol. The van der Waals surface area contributed by atoms with Gasteiger partial charge in [0, 0.05) is 88.2 Å². The van der Waals surface area contributed by atoms with E-state index in [2.05, 4.69) is 36.5 Å². The Hall–Kier alpha value is -5.59. The first-order valence-electron chi connectivity index (χ1n) is 20.2. The molecule has 0 aliphatic carbocycles. The highest BCUT2D eigenvalue weighted by atomic mass is 35.5. The van der Waals surface area contributed by atoms with Crippen molar-refractivity contribution in [3.63, 3.8) is 0 Å². The number of ether oxygens (including phenoxy) is 1. The fraction of sp³-hybridized carbons (Fsp3) is 0.476. The van der Waals surface area contributed by atoms with Crippen molar-refractivity contribution in [2.45, 2.75) is 88.4 Å². The monoisotopic (exact) mass is 807 g/mol. The molecule has 4 saturated heterocycles. The summed E-state index contributed by atoms with van der Waals surface area (Å²) < 4.78 is 6.23. The van der Waals surface area contributed by atoms with Crippen LogP contribution >= 0.6 is 11.6 Å². The lowest BCUT2D eigenvalue weighted by Gasteiger charge is -2.39. The molecule has 6 heterocycles. The zero-order valence-electron chi connectivity index (χ0n) is 32.2. The van der Waals surface area contributed by atoms with Crippen molar-refractivity contribution in [3.8, 4) is 11.8 Å². The van der Waals surface area contributed by atoms with Crippen LogP contribution in [-0.2, 0) is 9.59 Å². The normalized spacial score (nSPS) is 23.1. The van der Waals surface area contributed by atoms with Gasteiger partial charge in [-0.3, -0.25) is 39.1 Å². The molecule has 302 valence electrons. The van der Waals surface area contributed by atoms with Gasteiger partial charge in [-0.15, -0.1) is 0 Å². The van der Waals surface area contributed by atoms with E-state index >= 15 is 0 Å². The first kappa shape index (κ1) is 39.2. The highest BCUT2D eigenvalue weighted by Crippen LogP contribution is 2.39. The zero-order valence-corrected chi connectivity index (χ0v) is 33.0. The summed E-state index contributed by atoms with van der Waals surface area (Å²) in [6.45, 7) is 5.07. The molecule has 1 aromatic heterocycles. The average Bonchev–Trinajstić information content (AvgIpc) is 3.65. The summed E-state index contributed by atoms with van der Waals surface area (Å²) in [4.78, 5) is 80.9. The molecule has 2 aromatic carbocycles. The second kappa shape index (κ2) is 17.1. The number of piperidine rings is 2. The number of amides is 5. The van der Waals surface area contributed by atoms with Crippen molar-refractivity contribution >= 4 is 52.8 Å². The van der Waals surface area contributed by atoms with E-state index in [1.165, 1.54) is 0 Å². The first-order chi connectivity index (χ1) is 28.2. The van der Waals surface area contributed by atoms with Gasteiger partial charge in [-0.1, -0.05) is 30.5 Å². The van der Waals surface area contributed by atoms with Crippen molar-refractivity contribution in [1.29, 1.82) is 5.26 Å². The number of nitrogens with one attached hydrogen (secondary N) is 2. The van der Waals surface area contributed by atoms with Crippen LogP contribution < -0.4 is 20.3 Å². The quantitative estimate of drug-likeness (QED) is 0.184. The SMILES string of the molecule is N#Cc1ccc(OC2C[C@H]3CC[C@@H](C2)N3C(=O)c2cnc(N3CCN(CCCCCCNc4cccc5c4C(=O)N(C4CCC(=O)NC4=O)C5=O)CC3)nc2)cc1Cl. The lowest BCUT2D eigenvalue weighted by Crippen LogP contribution is -2.54. The summed E-state index contributed by atoms with van der Waals surface area (Å²) in [7, 11) is 0. The highest BCUT2D eigenvalue weighted by molar-refractivity contribution is 6.31. The maximum atomic E-state index is 13.6. The van der Waals surface area contributed by atoms with Crippen molar-refractivity contribution in [2.24, 2.45) is 0 Å². The minimum absolute atomic E-state index is 0.0281. The first-order valence-corrected chi connectivity index (χ1v) is 20.6. The molecule has 15 nitrogen and oxygen atoms in total. The minimum atomic E-state index is -0.986. The molecule has 2 unspecified atom stereocenters. The Morgan fingerprint density at radius 1 is 0.931 bits per heavy atom. The van der Waals surface area contributed by atoms with E-state index in [1.807, 2.05) is 4.90 Å². The van der Waals surface area contributed by atoms with Crippen LogP contribution in [0.15, 0.2) is 48.8 Å². The molecule has 0 saturated carbocycles. The number of hydrogen-bond donors (Lipinski definition) is 2. The molecule has 58 heavy (non-hydrogen) atoms. The van der Waals surface area contributed by atoms with Gasteiger partial charge >= 0.3 is 0 Å². The number of nitrogens with zero attached hydrogens (tertiary/aromatic N) is 7. The Kier molecular flexibility index (Phi) is 11.6. The van der Waals surface area contributed by atoms with Crippen LogP contribution in [0.2, 0.25) is 5.02 Å². The number of aromatic nitrogens is 2. The molecular formula is C42H46ClN9O6. The van der Waals surface area contributed by atoms with Crippen LogP contribution in [0, 0.1) is 11.3 Å². The Morgan fingerprint density at radius 3 is 2.38 bits per heavy atom. The van der Waals surface area contributed by atoms with Gasteiger partial charge in [-0.2, -0.15) is 5.26 Å². The van der Waals surface area contributed by atoms with Crippen LogP contribution in [0.4, 0.5) is 11.6 Å². The molecule has 0 radical (unpaired) electrons. The highest BCUT2D eigenvalue weighted by Gasteiger charge is 2.46. The standard InChI is InChI=1S/C42H46ClN9O6/c43-33-22-30(11-8-26(33)23-44)58-31-20-28-9-10-29(21-31)51(28)39(55)27-24-46-42(47-25-27)50-18-16-49(17-19-50)15-4-2-1-3-14-45-34-7-5-6-32-37(34)41(57)52(40(32)56)35-12-13-36(53)48-38(35)54/h5-8,11,22,24-25,28-29,31,35,45H,1-4,9-10,12-21H2,(H,48,53,54)/t28-,29+,31?,35?. The van der Waals surface area contributed by atoms with Crippen molar-refractivity contribution in [1.82, 2.24) is 30.0 Å². The van der Waals surface area contributed by atoms with Gasteiger partial charge in [-0.05, 0) is 62.9 Å². The molecular weight excluding hydrogens is 762 g/mol. The van der Waals surface area contributed by atoms with Gasteiger partial charge in [0.05, 0.1) is 27.3 Å². The molecule has 3 aromatic rings. The molecule has 8 rings (SSSR count). The number of halogens is 1. The minimum Gasteiger partial charge on any atom is -0.490 e. The third-order valence-corrected chi connectivity index (χ3v) is 12.3. The Morgan fingerprint density at radius 2 is 1.67 bits per heavy atom. The summed E-state index contributed by atoms with van der Waals surface area (Å²) in [5.41, 5.74) is 2.05. The summed E-state index contributed by atoms with van der Waals surface area (Å²) >= 11 is 6.20. The third kappa shape index (κ3) is 8.08. The van der Waals surface area contributed by atoms with E-state index in [1.54, 1.807) is 48.8 Å². The number of nitriles is 1. The maximum Gasteiger partial charge on any atom is 0.264 e. The van der Waals surface area contributed by atoms with Gasteiger partial charge in [-0.25, -0.2) is 9.97 Å². The molecule has 5 amide bonds. The molecule has 2 N–H and O–H groups in total. The number of benzene rings is 2. The zero-order chi connectivity index (χ0) is 40.3. The Bertz CT molecular complexity index is 2120. The lowest BCUT2D eigenvalue weighted by molar-refractivity contribution is -0.136. The Balaban J connectivity index is 0.732. The van der Waals surface area contributed by atoms with Crippen LogP contribution in [0.3, 0.4) is 0 Å². The number of fused-ring (bicyclic) bond motifs is 3. The predicted molar refractivity (Wildman–Crippen MR) is 214 cm³/mol. The third-order valence-electron chi connectivity index (χ3n) is 12.0. The number of anilines is 2. The van der Waals surface area contributed by atoms with Crippen molar-refractivity contribution in [3.05, 3.63) is 76.1 Å². The second-order valence-electron chi connectivity index (χ2n) is 15.7. The fourth-order valence-corrected chi connectivity index (χ4v) is 9.23. The number of carbonyl (C=O) groups excluding carboxylic acids is 5. The number of unbranched alkanes of at least 4 members (excludes halogenated alkanes) is 3. The second-order valence-corrected chi connectivity index (χ2v) is 16.1. The number of rotatable bonds is 13. The predicted octanol–water partition coefficient (Wildman–Crippen LogP) is 4.41. The van der Waals surface area contributed by atoms with Gasteiger partial charge in [0.2, 0.25) is 17.8 Å². The maximum absolute atomic E-state index is 13.6. The van der Waals surface area contributed by atoms with Gasteiger partial charge in [0.25, 0.3) is 17.7 Å². The van der Waals surface area contributed by atoms with Crippen LogP contribution in [0.25, 0.3) is 0 Å². The molecule has 4 atom stereocenters. The van der Waals surface area contributed by atoms with E-state index < -0.39 is 29.7 Å². The van der Waals surface area contributed by atoms with E-state index in [4.69, 9.17) is 21.6 Å². The van der Waals surface area contributed by atoms with E-state index in [9.17, 15) is 24.0 Å². The van der Waals surface area contributed by atoms with E-state index in [-0.39, 0.29) is 48.1 Å². The molecule has 2 bridgehead atoms.